The normalized spacial score (nSPS) is 11.2. The van der Waals surface area contributed by atoms with E-state index in [-0.39, 0.29) is 24.1 Å². The Morgan fingerprint density at radius 3 is 2.42 bits per heavy atom. The number of halogens is 3. The van der Waals surface area contributed by atoms with E-state index in [4.69, 9.17) is 4.74 Å². The number of methoxy groups -OCH3 is 1. The average Bonchev–Trinajstić information content (AvgIpc) is 2.34. The van der Waals surface area contributed by atoms with Crippen LogP contribution in [-0.2, 0) is 0 Å². The molecular weight excluding hydrogens is 281 g/mol. The van der Waals surface area contributed by atoms with Crippen LogP contribution in [0.3, 0.4) is 0 Å². The summed E-state index contributed by atoms with van der Waals surface area (Å²) in [4.78, 5) is 7.94. The van der Waals surface area contributed by atoms with Crippen molar-refractivity contribution in [2.75, 3.05) is 36.6 Å². The highest BCUT2D eigenvalue weighted by molar-refractivity contribution is 8.00. The van der Waals surface area contributed by atoms with E-state index in [2.05, 4.69) is 20.6 Å². The summed E-state index contributed by atoms with van der Waals surface area (Å²) in [5, 5.41) is 5.78. The second-order valence-corrected chi connectivity index (χ2v) is 4.52. The topological polar surface area (TPSA) is 59.1 Å². The molecule has 0 aromatic carbocycles. The molecule has 5 nitrogen and oxygen atoms in total. The van der Waals surface area contributed by atoms with Crippen LogP contribution < -0.4 is 15.4 Å². The van der Waals surface area contributed by atoms with E-state index in [1.807, 2.05) is 6.92 Å². The van der Waals surface area contributed by atoms with E-state index in [1.54, 1.807) is 0 Å². The quantitative estimate of drug-likeness (QED) is 0.754. The number of anilines is 2. The van der Waals surface area contributed by atoms with Crippen LogP contribution in [0.25, 0.3) is 0 Å². The van der Waals surface area contributed by atoms with Gasteiger partial charge in [0, 0.05) is 18.8 Å². The van der Waals surface area contributed by atoms with Gasteiger partial charge in [0.05, 0.1) is 7.11 Å². The summed E-state index contributed by atoms with van der Waals surface area (Å²) in [5.41, 5.74) is -4.22. The van der Waals surface area contributed by atoms with Crippen molar-refractivity contribution in [1.29, 1.82) is 0 Å². The van der Waals surface area contributed by atoms with E-state index >= 15 is 0 Å². The smallest absolute Gasteiger partial charge is 0.441 e. The van der Waals surface area contributed by atoms with Gasteiger partial charge in [-0.3, -0.25) is 0 Å². The van der Waals surface area contributed by atoms with Crippen molar-refractivity contribution in [2.24, 2.45) is 0 Å². The largest absolute Gasteiger partial charge is 0.490 e. The van der Waals surface area contributed by atoms with E-state index in [1.165, 1.54) is 13.4 Å². The molecule has 0 atom stereocenters. The standard InChI is InChI=1S/C10H15F3N4OS/c1-3-14-8-7(18-2)9(17-6-16-8)15-4-5-19-10(11,12)13/h6H,3-5H2,1-2H3,(H2,14,15,16,17). The number of nitrogens with zero attached hydrogens (tertiary/aromatic N) is 2. The fourth-order valence-electron chi connectivity index (χ4n) is 1.32. The maximum atomic E-state index is 12.0. The second kappa shape index (κ2) is 7.27. The number of alkyl halides is 3. The lowest BCUT2D eigenvalue weighted by molar-refractivity contribution is -0.0327. The van der Waals surface area contributed by atoms with E-state index < -0.39 is 5.51 Å². The number of rotatable bonds is 7. The first-order chi connectivity index (χ1) is 8.98. The average molecular weight is 296 g/mol. The zero-order valence-electron chi connectivity index (χ0n) is 10.5. The number of ether oxygens (including phenoxy) is 1. The minimum Gasteiger partial charge on any atom is -0.490 e. The lowest BCUT2D eigenvalue weighted by Gasteiger charge is -2.13. The Labute approximate surface area is 113 Å². The van der Waals surface area contributed by atoms with Gasteiger partial charge in [0.2, 0.25) is 5.75 Å². The van der Waals surface area contributed by atoms with Gasteiger partial charge in [-0.25, -0.2) is 9.97 Å². The third kappa shape index (κ3) is 5.41. The predicted octanol–water partition coefficient (Wildman–Crippen LogP) is 2.58. The van der Waals surface area contributed by atoms with Crippen molar-refractivity contribution < 1.29 is 17.9 Å². The number of nitrogens with one attached hydrogen (secondary N) is 2. The van der Waals surface area contributed by atoms with Crippen LogP contribution in [0.1, 0.15) is 6.92 Å². The molecule has 0 radical (unpaired) electrons. The first-order valence-electron chi connectivity index (χ1n) is 5.55. The Morgan fingerprint density at radius 2 is 1.89 bits per heavy atom. The summed E-state index contributed by atoms with van der Waals surface area (Å²) < 4.78 is 41.0. The van der Waals surface area contributed by atoms with Gasteiger partial charge in [-0.1, -0.05) is 0 Å². The molecule has 0 saturated heterocycles. The van der Waals surface area contributed by atoms with E-state index in [0.29, 0.717) is 23.9 Å². The summed E-state index contributed by atoms with van der Waals surface area (Å²) in [7, 11) is 1.45. The lowest BCUT2D eigenvalue weighted by Crippen LogP contribution is -2.12. The van der Waals surface area contributed by atoms with Crippen LogP contribution in [0.15, 0.2) is 6.33 Å². The summed E-state index contributed by atoms with van der Waals surface area (Å²) in [6.07, 6.45) is 1.32. The van der Waals surface area contributed by atoms with Gasteiger partial charge in [0.15, 0.2) is 11.6 Å². The molecular formula is C10H15F3N4OS. The highest BCUT2D eigenvalue weighted by atomic mass is 32.2. The van der Waals surface area contributed by atoms with Gasteiger partial charge in [0.1, 0.15) is 6.33 Å². The van der Waals surface area contributed by atoms with Crippen LogP contribution >= 0.6 is 11.8 Å². The van der Waals surface area contributed by atoms with Crippen LogP contribution in [0, 0.1) is 0 Å². The van der Waals surface area contributed by atoms with Crippen molar-refractivity contribution >= 4 is 23.4 Å². The van der Waals surface area contributed by atoms with Crippen molar-refractivity contribution in [3.05, 3.63) is 6.33 Å². The van der Waals surface area contributed by atoms with Gasteiger partial charge in [0.25, 0.3) is 0 Å². The Kier molecular flexibility index (Phi) is 6.00. The van der Waals surface area contributed by atoms with Crippen molar-refractivity contribution in [2.45, 2.75) is 12.4 Å². The van der Waals surface area contributed by atoms with Gasteiger partial charge >= 0.3 is 5.51 Å². The molecule has 0 unspecified atom stereocenters. The van der Waals surface area contributed by atoms with Gasteiger partial charge in [-0.15, -0.1) is 0 Å². The second-order valence-electron chi connectivity index (χ2n) is 3.36. The first kappa shape index (κ1) is 15.7. The molecule has 1 rings (SSSR count). The molecule has 0 amide bonds. The molecule has 1 aromatic heterocycles. The number of thioether (sulfide) groups is 1. The van der Waals surface area contributed by atoms with Crippen LogP contribution in [0.5, 0.6) is 5.75 Å². The van der Waals surface area contributed by atoms with Crippen LogP contribution in [-0.4, -0.2) is 41.4 Å². The molecule has 1 aromatic rings. The van der Waals surface area contributed by atoms with Crippen molar-refractivity contribution in [3.63, 3.8) is 0 Å². The molecule has 2 N–H and O–H groups in total. The third-order valence-corrected chi connectivity index (χ3v) is 2.75. The van der Waals surface area contributed by atoms with Crippen molar-refractivity contribution in [3.8, 4) is 5.75 Å². The van der Waals surface area contributed by atoms with Crippen molar-refractivity contribution in [1.82, 2.24) is 9.97 Å². The molecule has 0 aliphatic heterocycles. The fraction of sp³-hybridized carbons (Fsp3) is 0.600. The molecule has 0 aliphatic carbocycles. The fourth-order valence-corrected chi connectivity index (χ4v) is 1.76. The Bertz CT molecular complexity index is 403. The number of aromatic nitrogens is 2. The minimum absolute atomic E-state index is 0.0816. The molecule has 19 heavy (non-hydrogen) atoms. The highest BCUT2D eigenvalue weighted by Crippen LogP contribution is 2.31. The molecule has 9 heteroatoms. The van der Waals surface area contributed by atoms with Crippen LogP contribution in [0.4, 0.5) is 24.8 Å². The SMILES string of the molecule is CCNc1ncnc(NCCSC(F)(F)F)c1OC. The van der Waals surface area contributed by atoms with Gasteiger partial charge in [-0.05, 0) is 18.7 Å². The Morgan fingerprint density at radius 1 is 1.26 bits per heavy atom. The molecule has 0 fully saturated rings. The molecule has 108 valence electrons. The summed E-state index contributed by atoms with van der Waals surface area (Å²) in [6.45, 7) is 2.68. The third-order valence-electron chi connectivity index (χ3n) is 2.01. The Hall–Kier alpha value is -1.38. The highest BCUT2D eigenvalue weighted by Gasteiger charge is 2.27. The molecule has 0 bridgehead atoms. The van der Waals surface area contributed by atoms with Gasteiger partial charge in [-0.2, -0.15) is 13.2 Å². The minimum atomic E-state index is -4.22. The summed E-state index contributed by atoms with van der Waals surface area (Å²) in [5.74, 6) is 1.16. The van der Waals surface area contributed by atoms with Gasteiger partial charge < -0.3 is 15.4 Å². The molecule has 0 aliphatic rings. The monoisotopic (exact) mass is 296 g/mol. The summed E-state index contributed by atoms with van der Waals surface area (Å²) >= 11 is -0.0816. The maximum absolute atomic E-state index is 12.0. The first-order valence-corrected chi connectivity index (χ1v) is 6.54. The summed E-state index contributed by atoms with van der Waals surface area (Å²) in [6, 6.07) is 0. The lowest BCUT2D eigenvalue weighted by atomic mass is 10.4. The zero-order chi connectivity index (χ0) is 14.3. The molecule has 0 saturated carbocycles. The van der Waals surface area contributed by atoms with E-state index in [9.17, 15) is 13.2 Å². The zero-order valence-corrected chi connectivity index (χ0v) is 11.4. The predicted molar refractivity (Wildman–Crippen MR) is 69.8 cm³/mol. The molecule has 1 heterocycles. The maximum Gasteiger partial charge on any atom is 0.441 e. The molecule has 0 spiro atoms. The Balaban J connectivity index is 2.60. The van der Waals surface area contributed by atoms with Crippen LogP contribution in [0.2, 0.25) is 0 Å². The van der Waals surface area contributed by atoms with E-state index in [0.717, 1.165) is 0 Å². The number of hydrogen-bond donors (Lipinski definition) is 2. The number of hydrogen-bond acceptors (Lipinski definition) is 6.